The van der Waals surface area contributed by atoms with Gasteiger partial charge in [-0.1, -0.05) is 24.3 Å². The van der Waals surface area contributed by atoms with Crippen molar-refractivity contribution in [1.82, 2.24) is 9.97 Å². The summed E-state index contributed by atoms with van der Waals surface area (Å²) in [6.07, 6.45) is 1.62. The van der Waals surface area contributed by atoms with Gasteiger partial charge in [0.05, 0.1) is 19.8 Å². The molecular weight excluding hydrogens is 501 g/mol. The lowest BCUT2D eigenvalue weighted by Gasteiger charge is -2.29. The van der Waals surface area contributed by atoms with Gasteiger partial charge in [-0.3, -0.25) is 4.79 Å². The Morgan fingerprint density at radius 1 is 1.10 bits per heavy atom. The highest BCUT2D eigenvalue weighted by Gasteiger charge is 2.17. The van der Waals surface area contributed by atoms with Crippen LogP contribution in [0.2, 0.25) is 0 Å². The van der Waals surface area contributed by atoms with Gasteiger partial charge >= 0.3 is 0 Å². The van der Waals surface area contributed by atoms with Crippen LogP contribution in [0, 0.1) is 5.82 Å². The van der Waals surface area contributed by atoms with E-state index in [1.807, 2.05) is 36.1 Å². The van der Waals surface area contributed by atoms with E-state index in [0.717, 1.165) is 10.8 Å². The fraction of sp³-hybridized carbons (Fsp3) is 0.276. The van der Waals surface area contributed by atoms with E-state index in [0.29, 0.717) is 61.9 Å². The molecule has 1 amide bonds. The quantitative estimate of drug-likeness (QED) is 0.308. The number of rotatable bonds is 9. The highest BCUT2D eigenvalue weighted by atomic mass is 19.1. The van der Waals surface area contributed by atoms with Crippen molar-refractivity contribution < 1.29 is 23.4 Å². The number of hydrogen-bond acceptors (Lipinski definition) is 8. The molecule has 4 aromatic rings. The maximum atomic E-state index is 14.5. The van der Waals surface area contributed by atoms with Crippen LogP contribution in [0.1, 0.15) is 17.3 Å². The zero-order chi connectivity index (χ0) is 27.2. The van der Waals surface area contributed by atoms with E-state index in [-0.39, 0.29) is 11.6 Å². The number of hydrogen-bond donors (Lipinski definition) is 2. The summed E-state index contributed by atoms with van der Waals surface area (Å²) in [4.78, 5) is 23.9. The first-order chi connectivity index (χ1) is 19.0. The Morgan fingerprint density at radius 2 is 1.90 bits per heavy atom. The summed E-state index contributed by atoms with van der Waals surface area (Å²) < 4.78 is 31.1. The second kappa shape index (κ2) is 12.1. The van der Waals surface area contributed by atoms with Gasteiger partial charge in [0.2, 0.25) is 11.8 Å². The molecule has 1 fully saturated rings. The van der Waals surface area contributed by atoms with Gasteiger partial charge in [-0.15, -0.1) is 0 Å². The second-order valence-corrected chi connectivity index (χ2v) is 9.23. The summed E-state index contributed by atoms with van der Waals surface area (Å²) in [5.41, 5.74) is 1.48. The van der Waals surface area contributed by atoms with Gasteiger partial charge in [0, 0.05) is 66.2 Å². The molecule has 1 unspecified atom stereocenters. The van der Waals surface area contributed by atoms with E-state index < -0.39 is 11.7 Å². The molecule has 2 N–H and O–H groups in total. The molecule has 5 rings (SSSR count). The number of carbonyl (C=O) groups is 1. The number of anilines is 3. The van der Waals surface area contributed by atoms with Crippen molar-refractivity contribution in [1.29, 1.82) is 0 Å². The molecule has 1 atom stereocenters. The van der Waals surface area contributed by atoms with Crippen molar-refractivity contribution in [2.45, 2.75) is 13.0 Å². The summed E-state index contributed by atoms with van der Waals surface area (Å²) in [5.74, 6) is 0.498. The van der Waals surface area contributed by atoms with Gasteiger partial charge in [-0.2, -0.15) is 4.98 Å². The fourth-order valence-electron chi connectivity index (χ4n) is 4.47. The zero-order valence-corrected chi connectivity index (χ0v) is 21.8. The van der Waals surface area contributed by atoms with Gasteiger partial charge < -0.3 is 29.7 Å². The molecule has 1 aromatic heterocycles. The number of halogens is 1. The molecule has 2 heterocycles. The average Bonchev–Trinajstić information content (AvgIpc) is 2.95. The number of morpholine rings is 1. The minimum absolute atomic E-state index is 0.0250. The van der Waals surface area contributed by atoms with Gasteiger partial charge in [-0.05, 0) is 37.3 Å². The van der Waals surface area contributed by atoms with Crippen molar-refractivity contribution in [3.05, 3.63) is 78.2 Å². The van der Waals surface area contributed by atoms with Crippen LogP contribution in [0.15, 0.2) is 66.9 Å². The Hall–Kier alpha value is -4.28. The predicted molar refractivity (Wildman–Crippen MR) is 148 cm³/mol. The Bertz CT molecular complexity index is 1460. The van der Waals surface area contributed by atoms with Gasteiger partial charge in [-0.25, -0.2) is 9.37 Å². The van der Waals surface area contributed by atoms with Crippen LogP contribution in [0.4, 0.5) is 21.7 Å². The standard InChI is InChI=1S/C29H30FN5O4/c1-19(18-37-2)32-29-31-10-9-27(34-29)39-26-8-7-25(23-5-3-4-6-24(23)26)33-28(36)20-15-21(30)17-22(16-20)35-11-13-38-14-12-35/h3-10,15-17,19H,11-14,18H2,1-2H3,(H,33,36)(H,31,32,34). The summed E-state index contributed by atoms with van der Waals surface area (Å²) in [6.45, 7) is 4.90. The molecule has 0 saturated carbocycles. The van der Waals surface area contributed by atoms with Crippen LogP contribution in [-0.2, 0) is 9.47 Å². The lowest BCUT2D eigenvalue weighted by Crippen LogP contribution is -2.36. The number of aromatic nitrogens is 2. The van der Waals surface area contributed by atoms with Gasteiger partial charge in [0.15, 0.2) is 0 Å². The first-order valence-corrected chi connectivity index (χ1v) is 12.7. The third-order valence-electron chi connectivity index (χ3n) is 6.29. The van der Waals surface area contributed by atoms with Crippen molar-refractivity contribution in [3.63, 3.8) is 0 Å². The Morgan fingerprint density at radius 3 is 2.69 bits per heavy atom. The van der Waals surface area contributed by atoms with Crippen molar-refractivity contribution in [3.8, 4) is 11.6 Å². The second-order valence-electron chi connectivity index (χ2n) is 9.23. The zero-order valence-electron chi connectivity index (χ0n) is 21.8. The van der Waals surface area contributed by atoms with E-state index >= 15 is 0 Å². The Labute approximate surface area is 225 Å². The molecular formula is C29H30FN5O4. The van der Waals surface area contributed by atoms with Crippen LogP contribution >= 0.6 is 0 Å². The molecule has 1 saturated heterocycles. The Balaban J connectivity index is 1.37. The van der Waals surface area contributed by atoms with Crippen LogP contribution < -0.4 is 20.3 Å². The largest absolute Gasteiger partial charge is 0.438 e. The topological polar surface area (TPSA) is 97.8 Å². The third-order valence-corrected chi connectivity index (χ3v) is 6.29. The number of benzene rings is 3. The lowest BCUT2D eigenvalue weighted by molar-refractivity contribution is 0.102. The summed E-state index contributed by atoms with van der Waals surface area (Å²) in [7, 11) is 1.64. The molecule has 0 bridgehead atoms. The lowest BCUT2D eigenvalue weighted by atomic mass is 10.1. The third kappa shape index (κ3) is 6.42. The van der Waals surface area contributed by atoms with E-state index in [1.165, 1.54) is 12.1 Å². The highest BCUT2D eigenvalue weighted by molar-refractivity contribution is 6.10. The summed E-state index contributed by atoms with van der Waals surface area (Å²) in [5, 5.41) is 7.67. The normalized spacial score (nSPS) is 14.2. The maximum Gasteiger partial charge on any atom is 0.255 e. The average molecular weight is 532 g/mol. The SMILES string of the molecule is COCC(C)Nc1nccc(Oc2ccc(NC(=O)c3cc(F)cc(N4CCOCC4)c3)c3ccccc23)n1. The molecule has 9 nitrogen and oxygen atoms in total. The monoisotopic (exact) mass is 531 g/mol. The molecule has 0 radical (unpaired) electrons. The fourth-order valence-corrected chi connectivity index (χ4v) is 4.47. The minimum atomic E-state index is -0.465. The minimum Gasteiger partial charge on any atom is -0.438 e. The molecule has 202 valence electrons. The highest BCUT2D eigenvalue weighted by Crippen LogP contribution is 2.34. The predicted octanol–water partition coefficient (Wildman–Crippen LogP) is 5.10. The van der Waals surface area contributed by atoms with Crippen LogP contribution in [-0.4, -0.2) is 61.9 Å². The molecule has 39 heavy (non-hydrogen) atoms. The number of fused-ring (bicyclic) bond motifs is 1. The molecule has 0 spiro atoms. The number of amides is 1. The van der Waals surface area contributed by atoms with Crippen molar-refractivity contribution in [2.75, 3.05) is 55.6 Å². The number of nitrogens with zero attached hydrogens (tertiary/aromatic N) is 3. The molecule has 0 aliphatic carbocycles. The summed E-state index contributed by atoms with van der Waals surface area (Å²) in [6, 6.07) is 17.2. The van der Waals surface area contributed by atoms with Gasteiger partial charge in [0.25, 0.3) is 5.91 Å². The van der Waals surface area contributed by atoms with Crippen LogP contribution in [0.3, 0.4) is 0 Å². The van der Waals surface area contributed by atoms with E-state index in [2.05, 4.69) is 20.6 Å². The first kappa shape index (κ1) is 26.3. The van der Waals surface area contributed by atoms with E-state index in [1.54, 1.807) is 37.6 Å². The van der Waals surface area contributed by atoms with E-state index in [9.17, 15) is 9.18 Å². The van der Waals surface area contributed by atoms with Crippen LogP contribution in [0.25, 0.3) is 10.8 Å². The van der Waals surface area contributed by atoms with Crippen molar-refractivity contribution >= 4 is 34.0 Å². The number of methoxy groups -OCH3 is 1. The maximum absolute atomic E-state index is 14.5. The Kier molecular flexibility index (Phi) is 8.14. The number of ether oxygens (including phenoxy) is 3. The first-order valence-electron chi connectivity index (χ1n) is 12.7. The number of nitrogens with one attached hydrogen (secondary N) is 2. The van der Waals surface area contributed by atoms with Gasteiger partial charge in [0.1, 0.15) is 11.6 Å². The number of carbonyl (C=O) groups excluding carboxylic acids is 1. The van der Waals surface area contributed by atoms with Crippen molar-refractivity contribution in [2.24, 2.45) is 0 Å². The molecule has 10 heteroatoms. The van der Waals surface area contributed by atoms with E-state index in [4.69, 9.17) is 14.2 Å². The summed E-state index contributed by atoms with van der Waals surface area (Å²) >= 11 is 0. The molecule has 3 aromatic carbocycles. The molecule has 1 aliphatic heterocycles. The molecule has 1 aliphatic rings. The van der Waals surface area contributed by atoms with Crippen LogP contribution in [0.5, 0.6) is 11.6 Å². The smallest absolute Gasteiger partial charge is 0.255 e.